The van der Waals surface area contributed by atoms with E-state index in [1.54, 1.807) is 0 Å². The fourth-order valence-corrected chi connectivity index (χ4v) is 2.36. The summed E-state index contributed by atoms with van der Waals surface area (Å²) in [4.78, 5) is 24.4. The first-order valence-corrected chi connectivity index (χ1v) is 5.88. The summed E-state index contributed by atoms with van der Waals surface area (Å²) in [6.07, 6.45) is 7.13. The standard InChI is InChI=1S/C11H18N2O2/c14-10-7-4-8-13(10)11(15)12-9-5-2-1-3-6-9/h9H,1-8H2,(H,12,15). The van der Waals surface area contributed by atoms with Crippen molar-refractivity contribution in [2.45, 2.75) is 51.0 Å². The topological polar surface area (TPSA) is 49.4 Å². The third kappa shape index (κ3) is 2.49. The van der Waals surface area contributed by atoms with Crippen LogP contribution in [0.4, 0.5) is 4.79 Å². The second-order valence-corrected chi connectivity index (χ2v) is 4.43. The molecule has 1 saturated heterocycles. The maximum atomic E-state index is 11.7. The number of carbonyl (C=O) groups excluding carboxylic acids is 2. The van der Waals surface area contributed by atoms with Crippen molar-refractivity contribution < 1.29 is 9.59 Å². The maximum Gasteiger partial charge on any atom is 0.324 e. The SMILES string of the molecule is O=C1CCCN1C(=O)NC1CCCCC1. The van der Waals surface area contributed by atoms with Gasteiger partial charge in [0, 0.05) is 19.0 Å². The maximum absolute atomic E-state index is 11.7. The summed E-state index contributed by atoms with van der Waals surface area (Å²) in [7, 11) is 0. The van der Waals surface area contributed by atoms with Gasteiger partial charge in [-0.2, -0.15) is 0 Å². The van der Waals surface area contributed by atoms with Crippen LogP contribution in [-0.4, -0.2) is 29.4 Å². The Kier molecular flexibility index (Phi) is 3.23. The zero-order chi connectivity index (χ0) is 10.7. The van der Waals surface area contributed by atoms with Crippen molar-refractivity contribution in [2.75, 3.05) is 6.54 Å². The summed E-state index contributed by atoms with van der Waals surface area (Å²) in [5, 5.41) is 2.96. The highest BCUT2D eigenvalue weighted by Gasteiger charge is 2.28. The highest BCUT2D eigenvalue weighted by Crippen LogP contribution is 2.18. The van der Waals surface area contributed by atoms with Crippen LogP contribution in [0.1, 0.15) is 44.9 Å². The van der Waals surface area contributed by atoms with Gasteiger partial charge >= 0.3 is 6.03 Å². The van der Waals surface area contributed by atoms with Gasteiger partial charge in [0.1, 0.15) is 0 Å². The molecule has 1 aliphatic carbocycles. The molecule has 0 aromatic carbocycles. The van der Waals surface area contributed by atoms with E-state index >= 15 is 0 Å². The Morgan fingerprint density at radius 1 is 1.20 bits per heavy atom. The highest BCUT2D eigenvalue weighted by molar-refractivity contribution is 5.95. The lowest BCUT2D eigenvalue weighted by Crippen LogP contribution is -2.45. The zero-order valence-corrected chi connectivity index (χ0v) is 9.00. The molecule has 15 heavy (non-hydrogen) atoms. The Bertz CT molecular complexity index is 259. The van der Waals surface area contributed by atoms with E-state index in [0.717, 1.165) is 19.3 Å². The van der Waals surface area contributed by atoms with Gasteiger partial charge in [0.05, 0.1) is 0 Å². The third-order valence-corrected chi connectivity index (χ3v) is 3.25. The van der Waals surface area contributed by atoms with E-state index in [2.05, 4.69) is 5.32 Å². The van der Waals surface area contributed by atoms with Crippen molar-refractivity contribution in [1.82, 2.24) is 10.2 Å². The summed E-state index contributed by atoms with van der Waals surface area (Å²) in [5.74, 6) is -0.0247. The van der Waals surface area contributed by atoms with Crippen LogP contribution in [0.2, 0.25) is 0 Å². The van der Waals surface area contributed by atoms with E-state index < -0.39 is 0 Å². The van der Waals surface area contributed by atoms with Crippen LogP contribution in [0.3, 0.4) is 0 Å². The largest absolute Gasteiger partial charge is 0.335 e. The molecule has 4 heteroatoms. The van der Waals surface area contributed by atoms with Crippen molar-refractivity contribution in [3.63, 3.8) is 0 Å². The first-order chi connectivity index (χ1) is 7.27. The molecule has 0 bridgehead atoms. The average Bonchev–Trinajstić information content (AvgIpc) is 2.66. The Labute approximate surface area is 90.0 Å². The van der Waals surface area contributed by atoms with E-state index in [1.807, 2.05) is 0 Å². The number of likely N-dealkylation sites (tertiary alicyclic amines) is 1. The third-order valence-electron chi connectivity index (χ3n) is 3.25. The van der Waals surface area contributed by atoms with E-state index in [9.17, 15) is 9.59 Å². The second kappa shape index (κ2) is 4.64. The summed E-state index contributed by atoms with van der Waals surface area (Å²) in [6.45, 7) is 0.595. The van der Waals surface area contributed by atoms with Crippen LogP contribution in [0.15, 0.2) is 0 Å². The predicted molar refractivity (Wildman–Crippen MR) is 56.4 cm³/mol. The minimum atomic E-state index is -0.176. The monoisotopic (exact) mass is 210 g/mol. The van der Waals surface area contributed by atoms with Gasteiger partial charge in [-0.1, -0.05) is 19.3 Å². The molecule has 1 aliphatic heterocycles. The van der Waals surface area contributed by atoms with E-state index in [1.165, 1.54) is 24.2 Å². The van der Waals surface area contributed by atoms with Crippen molar-refractivity contribution in [3.8, 4) is 0 Å². The molecule has 3 amide bonds. The van der Waals surface area contributed by atoms with Gasteiger partial charge in [-0.3, -0.25) is 9.69 Å². The Hall–Kier alpha value is -1.06. The molecule has 1 N–H and O–H groups in total. The summed E-state index contributed by atoms with van der Waals surface area (Å²) in [6, 6.07) is 0.115. The second-order valence-electron chi connectivity index (χ2n) is 4.43. The minimum absolute atomic E-state index is 0.0247. The molecule has 0 radical (unpaired) electrons. The molecule has 0 spiro atoms. The first kappa shape index (κ1) is 10.5. The van der Waals surface area contributed by atoms with Gasteiger partial charge in [-0.25, -0.2) is 4.79 Å². The molecule has 0 unspecified atom stereocenters. The fourth-order valence-electron chi connectivity index (χ4n) is 2.36. The smallest absolute Gasteiger partial charge is 0.324 e. The lowest BCUT2D eigenvalue weighted by molar-refractivity contribution is -0.125. The Morgan fingerprint density at radius 2 is 1.93 bits per heavy atom. The van der Waals surface area contributed by atoms with Gasteiger partial charge in [-0.05, 0) is 19.3 Å². The number of hydrogen-bond donors (Lipinski definition) is 1. The zero-order valence-electron chi connectivity index (χ0n) is 9.00. The molecule has 1 heterocycles. The molecule has 0 aromatic heterocycles. The number of urea groups is 1. The van der Waals surface area contributed by atoms with Crippen LogP contribution in [0.5, 0.6) is 0 Å². The van der Waals surface area contributed by atoms with Crippen LogP contribution < -0.4 is 5.32 Å². The van der Waals surface area contributed by atoms with Crippen LogP contribution in [0.25, 0.3) is 0 Å². The van der Waals surface area contributed by atoms with Crippen molar-refractivity contribution in [1.29, 1.82) is 0 Å². The molecule has 2 rings (SSSR count). The van der Waals surface area contributed by atoms with Crippen molar-refractivity contribution in [3.05, 3.63) is 0 Å². The molecule has 2 fully saturated rings. The average molecular weight is 210 g/mol. The number of rotatable bonds is 1. The molecule has 84 valence electrons. The van der Waals surface area contributed by atoms with Gasteiger partial charge in [0.2, 0.25) is 5.91 Å². The highest BCUT2D eigenvalue weighted by atomic mass is 16.2. The minimum Gasteiger partial charge on any atom is -0.335 e. The number of hydrogen-bond acceptors (Lipinski definition) is 2. The molecule has 2 aliphatic rings. The lowest BCUT2D eigenvalue weighted by Gasteiger charge is -2.25. The van der Waals surface area contributed by atoms with Crippen molar-refractivity contribution in [2.24, 2.45) is 0 Å². The van der Waals surface area contributed by atoms with E-state index in [4.69, 9.17) is 0 Å². The number of amides is 3. The number of nitrogens with one attached hydrogen (secondary N) is 1. The van der Waals surface area contributed by atoms with Crippen molar-refractivity contribution >= 4 is 11.9 Å². The van der Waals surface area contributed by atoms with Gasteiger partial charge in [-0.15, -0.1) is 0 Å². The van der Waals surface area contributed by atoms with Crippen LogP contribution >= 0.6 is 0 Å². The molecule has 0 atom stereocenters. The Morgan fingerprint density at radius 3 is 2.53 bits per heavy atom. The van der Waals surface area contributed by atoms with Gasteiger partial charge < -0.3 is 5.32 Å². The van der Waals surface area contributed by atoms with E-state index in [0.29, 0.717) is 19.0 Å². The number of imide groups is 1. The normalized spacial score (nSPS) is 23.2. The number of carbonyl (C=O) groups is 2. The van der Waals surface area contributed by atoms with Gasteiger partial charge in [0.15, 0.2) is 0 Å². The van der Waals surface area contributed by atoms with Gasteiger partial charge in [0.25, 0.3) is 0 Å². The number of nitrogens with zero attached hydrogens (tertiary/aromatic N) is 1. The molecular formula is C11H18N2O2. The quantitative estimate of drug-likeness (QED) is 0.715. The summed E-state index contributed by atoms with van der Waals surface area (Å²) >= 11 is 0. The molecule has 4 nitrogen and oxygen atoms in total. The Balaban J connectivity index is 1.82. The first-order valence-electron chi connectivity index (χ1n) is 5.88. The van der Waals surface area contributed by atoms with Crippen LogP contribution in [0, 0.1) is 0 Å². The predicted octanol–water partition coefficient (Wildman–Crippen LogP) is 1.65. The lowest BCUT2D eigenvalue weighted by atomic mass is 9.96. The van der Waals surface area contributed by atoms with E-state index in [-0.39, 0.29) is 11.9 Å². The molecule has 1 saturated carbocycles. The fraction of sp³-hybridized carbons (Fsp3) is 0.818. The summed E-state index contributed by atoms with van der Waals surface area (Å²) < 4.78 is 0. The molecular weight excluding hydrogens is 192 g/mol. The van der Waals surface area contributed by atoms with Crippen LogP contribution in [-0.2, 0) is 4.79 Å². The summed E-state index contributed by atoms with van der Waals surface area (Å²) in [5.41, 5.74) is 0. The molecule has 0 aromatic rings.